The minimum Gasteiger partial charge on any atom is -0.317 e. The lowest BCUT2D eigenvalue weighted by Crippen LogP contribution is -2.42. The standard InChI is InChI=1S/C13H26N2/c1-11-3-4-12(9-11)10-15-7-5-13(14-2)6-8-15/h11-14H,3-10H2,1-2H3. The molecule has 0 aromatic rings. The van der Waals surface area contributed by atoms with E-state index < -0.39 is 0 Å². The second kappa shape index (κ2) is 5.31. The van der Waals surface area contributed by atoms with Gasteiger partial charge in [-0.05, 0) is 57.7 Å². The summed E-state index contributed by atoms with van der Waals surface area (Å²) in [6, 6.07) is 0.781. The largest absolute Gasteiger partial charge is 0.317 e. The van der Waals surface area contributed by atoms with Gasteiger partial charge in [-0.15, -0.1) is 0 Å². The summed E-state index contributed by atoms with van der Waals surface area (Å²) in [5.74, 6) is 2.00. The average molecular weight is 210 g/mol. The Labute approximate surface area is 94.4 Å². The van der Waals surface area contributed by atoms with Crippen LogP contribution in [0.1, 0.15) is 39.0 Å². The first kappa shape index (κ1) is 11.4. The summed E-state index contributed by atoms with van der Waals surface area (Å²) in [5.41, 5.74) is 0. The zero-order chi connectivity index (χ0) is 10.7. The van der Waals surface area contributed by atoms with Crippen LogP contribution in [0.2, 0.25) is 0 Å². The van der Waals surface area contributed by atoms with Gasteiger partial charge in [-0.25, -0.2) is 0 Å². The summed E-state index contributed by atoms with van der Waals surface area (Å²) in [6.45, 7) is 6.42. The molecule has 2 heteroatoms. The maximum atomic E-state index is 3.40. The normalized spacial score (nSPS) is 34.8. The predicted octanol–water partition coefficient (Wildman–Crippen LogP) is 2.11. The Hall–Kier alpha value is -0.0800. The van der Waals surface area contributed by atoms with Gasteiger partial charge in [0.15, 0.2) is 0 Å². The molecule has 1 saturated heterocycles. The molecule has 2 aliphatic rings. The monoisotopic (exact) mass is 210 g/mol. The molecule has 1 saturated carbocycles. The zero-order valence-corrected chi connectivity index (χ0v) is 10.3. The van der Waals surface area contributed by atoms with Crippen molar-refractivity contribution in [3.8, 4) is 0 Å². The molecule has 2 atom stereocenters. The van der Waals surface area contributed by atoms with Crippen molar-refractivity contribution in [2.75, 3.05) is 26.7 Å². The van der Waals surface area contributed by atoms with Crippen LogP contribution >= 0.6 is 0 Å². The van der Waals surface area contributed by atoms with Gasteiger partial charge in [-0.2, -0.15) is 0 Å². The predicted molar refractivity (Wildman–Crippen MR) is 65.0 cm³/mol. The van der Waals surface area contributed by atoms with Crippen LogP contribution in [0.3, 0.4) is 0 Å². The molecule has 1 N–H and O–H groups in total. The van der Waals surface area contributed by atoms with Gasteiger partial charge in [0.05, 0.1) is 0 Å². The van der Waals surface area contributed by atoms with Gasteiger partial charge in [0.25, 0.3) is 0 Å². The van der Waals surface area contributed by atoms with Crippen LogP contribution in [0, 0.1) is 11.8 Å². The molecular formula is C13H26N2. The Balaban J connectivity index is 1.68. The molecular weight excluding hydrogens is 184 g/mol. The van der Waals surface area contributed by atoms with Gasteiger partial charge in [-0.3, -0.25) is 0 Å². The van der Waals surface area contributed by atoms with Gasteiger partial charge in [0, 0.05) is 12.6 Å². The number of nitrogens with one attached hydrogen (secondary N) is 1. The Kier molecular flexibility index (Phi) is 4.04. The van der Waals surface area contributed by atoms with E-state index in [1.165, 1.54) is 51.7 Å². The molecule has 2 nitrogen and oxygen atoms in total. The van der Waals surface area contributed by atoms with Crippen LogP contribution in [-0.4, -0.2) is 37.6 Å². The third-order valence-electron chi connectivity index (χ3n) is 4.32. The fourth-order valence-corrected chi connectivity index (χ4v) is 3.26. The second-order valence-corrected chi connectivity index (χ2v) is 5.65. The van der Waals surface area contributed by atoms with Gasteiger partial charge in [0.1, 0.15) is 0 Å². The van der Waals surface area contributed by atoms with Crippen molar-refractivity contribution in [2.45, 2.75) is 45.1 Å². The summed E-state index contributed by atoms with van der Waals surface area (Å²) in [6.07, 6.45) is 7.12. The van der Waals surface area contributed by atoms with E-state index in [2.05, 4.69) is 24.2 Å². The first-order valence-electron chi connectivity index (χ1n) is 6.67. The van der Waals surface area contributed by atoms with Crippen molar-refractivity contribution in [3.05, 3.63) is 0 Å². The van der Waals surface area contributed by atoms with E-state index in [1.54, 1.807) is 0 Å². The Bertz CT molecular complexity index is 185. The van der Waals surface area contributed by atoms with Crippen molar-refractivity contribution < 1.29 is 0 Å². The minimum atomic E-state index is 0.781. The van der Waals surface area contributed by atoms with Crippen molar-refractivity contribution in [2.24, 2.45) is 11.8 Å². The highest BCUT2D eigenvalue weighted by Gasteiger charge is 2.25. The van der Waals surface area contributed by atoms with Crippen molar-refractivity contribution in [1.29, 1.82) is 0 Å². The molecule has 0 radical (unpaired) electrons. The third-order valence-corrected chi connectivity index (χ3v) is 4.32. The number of rotatable bonds is 3. The van der Waals surface area contributed by atoms with Crippen LogP contribution < -0.4 is 5.32 Å². The van der Waals surface area contributed by atoms with Crippen LogP contribution in [0.4, 0.5) is 0 Å². The lowest BCUT2D eigenvalue weighted by molar-refractivity contribution is 0.174. The summed E-state index contributed by atoms with van der Waals surface area (Å²) in [5, 5.41) is 3.40. The van der Waals surface area contributed by atoms with Crippen molar-refractivity contribution in [1.82, 2.24) is 10.2 Å². The molecule has 0 bridgehead atoms. The smallest absolute Gasteiger partial charge is 0.00884 e. The minimum absolute atomic E-state index is 0.781. The molecule has 88 valence electrons. The fraction of sp³-hybridized carbons (Fsp3) is 1.00. The summed E-state index contributed by atoms with van der Waals surface area (Å²) >= 11 is 0. The molecule has 15 heavy (non-hydrogen) atoms. The SMILES string of the molecule is CNC1CCN(CC2CCC(C)C2)CC1. The van der Waals surface area contributed by atoms with Crippen molar-refractivity contribution in [3.63, 3.8) is 0 Å². The molecule has 0 aromatic carbocycles. The number of hydrogen-bond donors (Lipinski definition) is 1. The van der Waals surface area contributed by atoms with Crippen LogP contribution in [0.15, 0.2) is 0 Å². The quantitative estimate of drug-likeness (QED) is 0.767. The lowest BCUT2D eigenvalue weighted by Gasteiger charge is -2.33. The Morgan fingerprint density at radius 1 is 1.13 bits per heavy atom. The molecule has 2 unspecified atom stereocenters. The second-order valence-electron chi connectivity index (χ2n) is 5.65. The van der Waals surface area contributed by atoms with Gasteiger partial charge in [0.2, 0.25) is 0 Å². The van der Waals surface area contributed by atoms with E-state index in [9.17, 15) is 0 Å². The molecule has 0 spiro atoms. The summed E-state index contributed by atoms with van der Waals surface area (Å²) in [4.78, 5) is 2.69. The molecule has 1 heterocycles. The van der Waals surface area contributed by atoms with E-state index in [4.69, 9.17) is 0 Å². The number of likely N-dealkylation sites (tertiary alicyclic amines) is 1. The van der Waals surface area contributed by atoms with Gasteiger partial charge >= 0.3 is 0 Å². The fourth-order valence-electron chi connectivity index (χ4n) is 3.26. The van der Waals surface area contributed by atoms with Crippen LogP contribution in [0.5, 0.6) is 0 Å². The highest BCUT2D eigenvalue weighted by atomic mass is 15.1. The number of piperidine rings is 1. The molecule has 1 aliphatic carbocycles. The molecule has 0 aromatic heterocycles. The first-order chi connectivity index (χ1) is 7.28. The highest BCUT2D eigenvalue weighted by molar-refractivity contribution is 4.80. The zero-order valence-electron chi connectivity index (χ0n) is 10.3. The van der Waals surface area contributed by atoms with Gasteiger partial charge < -0.3 is 10.2 Å². The van der Waals surface area contributed by atoms with Gasteiger partial charge in [-0.1, -0.05) is 13.3 Å². The molecule has 1 aliphatic heterocycles. The van der Waals surface area contributed by atoms with E-state index in [0.717, 1.165) is 17.9 Å². The Morgan fingerprint density at radius 3 is 2.40 bits per heavy atom. The lowest BCUT2D eigenvalue weighted by atomic mass is 10.0. The van der Waals surface area contributed by atoms with E-state index in [0.29, 0.717) is 0 Å². The molecule has 0 amide bonds. The van der Waals surface area contributed by atoms with E-state index in [-0.39, 0.29) is 0 Å². The molecule has 2 rings (SSSR count). The highest BCUT2D eigenvalue weighted by Crippen LogP contribution is 2.31. The van der Waals surface area contributed by atoms with Crippen LogP contribution in [0.25, 0.3) is 0 Å². The van der Waals surface area contributed by atoms with Crippen LogP contribution in [-0.2, 0) is 0 Å². The number of hydrogen-bond acceptors (Lipinski definition) is 2. The van der Waals surface area contributed by atoms with E-state index >= 15 is 0 Å². The average Bonchev–Trinajstić information content (AvgIpc) is 2.65. The molecule has 2 fully saturated rings. The Morgan fingerprint density at radius 2 is 1.87 bits per heavy atom. The first-order valence-corrected chi connectivity index (χ1v) is 6.67. The summed E-state index contributed by atoms with van der Waals surface area (Å²) < 4.78 is 0. The maximum Gasteiger partial charge on any atom is 0.00884 e. The van der Waals surface area contributed by atoms with E-state index in [1.807, 2.05) is 0 Å². The third kappa shape index (κ3) is 3.18. The number of nitrogens with zero attached hydrogens (tertiary/aromatic N) is 1. The maximum absolute atomic E-state index is 3.40. The topological polar surface area (TPSA) is 15.3 Å². The summed E-state index contributed by atoms with van der Waals surface area (Å²) in [7, 11) is 2.10. The van der Waals surface area contributed by atoms with Crippen molar-refractivity contribution >= 4 is 0 Å².